The third-order valence-electron chi connectivity index (χ3n) is 5.16. The number of hydrogen-bond donors (Lipinski definition) is 1. The predicted molar refractivity (Wildman–Crippen MR) is 95.6 cm³/mol. The van der Waals surface area contributed by atoms with Gasteiger partial charge in [-0.1, -0.05) is 12.5 Å². The average Bonchev–Trinajstić information content (AvgIpc) is 3.17. The minimum absolute atomic E-state index is 0.125. The zero-order valence-electron chi connectivity index (χ0n) is 14.7. The summed E-state index contributed by atoms with van der Waals surface area (Å²) in [7, 11) is 1.64. The Kier molecular flexibility index (Phi) is 6.10. The minimum atomic E-state index is 0.125. The van der Waals surface area contributed by atoms with Crippen LogP contribution < -0.4 is 10.1 Å². The standard InChI is InChI=1S/C19H29N3O2/c1-24-18-7-5-6-16(14-18)19(23)22(17-8-9-20-15-17)13-12-21-10-3-2-4-11-21/h5-7,14,17,20H,2-4,8-13,15H2,1H3. The van der Waals surface area contributed by atoms with Crippen LogP contribution in [0.2, 0.25) is 0 Å². The van der Waals surface area contributed by atoms with Crippen LogP contribution in [-0.4, -0.2) is 68.1 Å². The lowest BCUT2D eigenvalue weighted by atomic mass is 10.1. The highest BCUT2D eigenvalue weighted by Gasteiger charge is 2.28. The van der Waals surface area contributed by atoms with Gasteiger partial charge in [0.25, 0.3) is 5.91 Å². The zero-order valence-corrected chi connectivity index (χ0v) is 14.7. The van der Waals surface area contributed by atoms with Crippen LogP contribution in [0.3, 0.4) is 0 Å². The maximum atomic E-state index is 13.1. The van der Waals surface area contributed by atoms with E-state index in [9.17, 15) is 4.79 Å². The molecule has 1 atom stereocenters. The summed E-state index contributed by atoms with van der Waals surface area (Å²) in [5.41, 5.74) is 0.722. The van der Waals surface area contributed by atoms with Crippen LogP contribution in [0.25, 0.3) is 0 Å². The van der Waals surface area contributed by atoms with Gasteiger partial charge in [-0.15, -0.1) is 0 Å². The summed E-state index contributed by atoms with van der Waals surface area (Å²) in [6.07, 6.45) is 4.95. The van der Waals surface area contributed by atoms with Crippen LogP contribution >= 0.6 is 0 Å². The first kappa shape index (κ1) is 17.2. The van der Waals surface area contributed by atoms with Crippen LogP contribution in [0, 0.1) is 0 Å². The van der Waals surface area contributed by atoms with Crippen LogP contribution in [0.4, 0.5) is 0 Å². The molecule has 0 spiro atoms. The van der Waals surface area contributed by atoms with E-state index in [1.807, 2.05) is 24.3 Å². The SMILES string of the molecule is COc1cccc(C(=O)N(CCN2CCCCC2)C2CCNC2)c1. The van der Waals surface area contributed by atoms with Gasteiger partial charge in [-0.05, 0) is 57.1 Å². The number of methoxy groups -OCH3 is 1. The summed E-state index contributed by atoms with van der Waals surface area (Å²) in [6, 6.07) is 7.81. The largest absolute Gasteiger partial charge is 0.497 e. The summed E-state index contributed by atoms with van der Waals surface area (Å²) in [4.78, 5) is 17.7. The monoisotopic (exact) mass is 331 g/mol. The van der Waals surface area contributed by atoms with Crippen molar-refractivity contribution >= 4 is 5.91 Å². The van der Waals surface area contributed by atoms with Gasteiger partial charge in [0.2, 0.25) is 0 Å². The fraction of sp³-hybridized carbons (Fsp3) is 0.632. The van der Waals surface area contributed by atoms with Crippen molar-refractivity contribution in [3.8, 4) is 5.75 Å². The topological polar surface area (TPSA) is 44.8 Å². The number of piperidine rings is 1. The van der Waals surface area contributed by atoms with Gasteiger partial charge in [-0.3, -0.25) is 4.79 Å². The molecular weight excluding hydrogens is 302 g/mol. The lowest BCUT2D eigenvalue weighted by Crippen LogP contribution is -2.46. The number of nitrogens with one attached hydrogen (secondary N) is 1. The highest BCUT2D eigenvalue weighted by molar-refractivity contribution is 5.94. The van der Waals surface area contributed by atoms with E-state index in [-0.39, 0.29) is 5.91 Å². The Balaban J connectivity index is 1.69. The minimum Gasteiger partial charge on any atom is -0.497 e. The molecule has 5 nitrogen and oxygen atoms in total. The number of amides is 1. The first-order chi connectivity index (χ1) is 11.8. The van der Waals surface area contributed by atoms with Crippen LogP contribution in [0.5, 0.6) is 5.75 Å². The van der Waals surface area contributed by atoms with E-state index in [0.29, 0.717) is 6.04 Å². The number of likely N-dealkylation sites (tertiary alicyclic amines) is 1. The van der Waals surface area contributed by atoms with E-state index in [0.717, 1.165) is 43.9 Å². The molecule has 1 unspecified atom stereocenters. The molecule has 3 rings (SSSR count). The van der Waals surface area contributed by atoms with Crippen molar-refractivity contribution in [2.75, 3.05) is 46.4 Å². The van der Waals surface area contributed by atoms with E-state index in [1.54, 1.807) is 7.11 Å². The number of nitrogens with zero attached hydrogens (tertiary/aromatic N) is 2. The van der Waals surface area contributed by atoms with Crippen molar-refractivity contribution in [1.82, 2.24) is 15.1 Å². The molecule has 2 saturated heterocycles. The van der Waals surface area contributed by atoms with E-state index in [2.05, 4.69) is 15.1 Å². The van der Waals surface area contributed by atoms with Crippen LogP contribution in [-0.2, 0) is 0 Å². The highest BCUT2D eigenvalue weighted by atomic mass is 16.5. The Morgan fingerprint density at radius 1 is 1.33 bits per heavy atom. The number of ether oxygens (including phenoxy) is 1. The van der Waals surface area contributed by atoms with Crippen LogP contribution in [0.1, 0.15) is 36.0 Å². The Morgan fingerprint density at radius 2 is 2.17 bits per heavy atom. The molecule has 1 amide bonds. The molecule has 2 heterocycles. The van der Waals surface area contributed by atoms with Crippen molar-refractivity contribution in [1.29, 1.82) is 0 Å². The molecule has 0 bridgehead atoms. The Morgan fingerprint density at radius 3 is 2.88 bits per heavy atom. The van der Waals surface area contributed by atoms with Gasteiger partial charge in [0.1, 0.15) is 5.75 Å². The molecule has 0 radical (unpaired) electrons. The summed E-state index contributed by atoms with van der Waals surface area (Å²) >= 11 is 0. The second-order valence-electron chi connectivity index (χ2n) is 6.78. The number of benzene rings is 1. The third-order valence-corrected chi connectivity index (χ3v) is 5.16. The molecule has 1 aromatic carbocycles. The number of hydrogen-bond acceptors (Lipinski definition) is 4. The van der Waals surface area contributed by atoms with Crippen molar-refractivity contribution in [3.05, 3.63) is 29.8 Å². The summed E-state index contributed by atoms with van der Waals surface area (Å²) in [6.45, 7) is 6.02. The molecular formula is C19H29N3O2. The van der Waals surface area contributed by atoms with Crippen molar-refractivity contribution in [2.24, 2.45) is 0 Å². The molecule has 2 aliphatic rings. The van der Waals surface area contributed by atoms with Gasteiger partial charge in [0.15, 0.2) is 0 Å². The van der Waals surface area contributed by atoms with Crippen LogP contribution in [0.15, 0.2) is 24.3 Å². The Labute approximate surface area is 145 Å². The number of rotatable bonds is 6. The lowest BCUT2D eigenvalue weighted by Gasteiger charge is -2.33. The maximum Gasteiger partial charge on any atom is 0.254 e. The molecule has 5 heteroatoms. The number of carbonyl (C=O) groups is 1. The van der Waals surface area contributed by atoms with Gasteiger partial charge >= 0.3 is 0 Å². The second-order valence-corrected chi connectivity index (χ2v) is 6.78. The normalized spacial score (nSPS) is 21.6. The van der Waals surface area contributed by atoms with Gasteiger partial charge in [0, 0.05) is 31.2 Å². The highest BCUT2D eigenvalue weighted by Crippen LogP contribution is 2.18. The fourth-order valence-corrected chi connectivity index (χ4v) is 3.71. The lowest BCUT2D eigenvalue weighted by molar-refractivity contribution is 0.0659. The van der Waals surface area contributed by atoms with E-state index >= 15 is 0 Å². The van der Waals surface area contributed by atoms with E-state index in [1.165, 1.54) is 32.4 Å². The quantitative estimate of drug-likeness (QED) is 0.866. The molecule has 132 valence electrons. The second kappa shape index (κ2) is 8.49. The van der Waals surface area contributed by atoms with Gasteiger partial charge < -0.3 is 19.9 Å². The van der Waals surface area contributed by atoms with Gasteiger partial charge in [-0.2, -0.15) is 0 Å². The molecule has 1 aromatic rings. The average molecular weight is 331 g/mol. The molecule has 0 aromatic heterocycles. The molecule has 0 saturated carbocycles. The summed E-state index contributed by atoms with van der Waals surface area (Å²) in [5, 5.41) is 3.39. The maximum absolute atomic E-state index is 13.1. The molecule has 24 heavy (non-hydrogen) atoms. The first-order valence-corrected chi connectivity index (χ1v) is 9.16. The van der Waals surface area contributed by atoms with E-state index < -0.39 is 0 Å². The Hall–Kier alpha value is -1.59. The summed E-state index contributed by atoms with van der Waals surface area (Å²) < 4.78 is 5.27. The molecule has 1 N–H and O–H groups in total. The summed E-state index contributed by atoms with van der Waals surface area (Å²) in [5.74, 6) is 0.862. The number of carbonyl (C=O) groups excluding carboxylic acids is 1. The van der Waals surface area contributed by atoms with Crippen molar-refractivity contribution in [2.45, 2.75) is 31.7 Å². The van der Waals surface area contributed by atoms with Crippen molar-refractivity contribution in [3.63, 3.8) is 0 Å². The van der Waals surface area contributed by atoms with Gasteiger partial charge in [-0.25, -0.2) is 0 Å². The zero-order chi connectivity index (χ0) is 16.8. The third kappa shape index (κ3) is 4.28. The first-order valence-electron chi connectivity index (χ1n) is 9.16. The smallest absolute Gasteiger partial charge is 0.254 e. The molecule has 0 aliphatic carbocycles. The predicted octanol–water partition coefficient (Wildman–Crippen LogP) is 1.99. The molecule has 2 aliphatic heterocycles. The van der Waals surface area contributed by atoms with Crippen molar-refractivity contribution < 1.29 is 9.53 Å². The molecule has 2 fully saturated rings. The van der Waals surface area contributed by atoms with Gasteiger partial charge in [0.05, 0.1) is 7.11 Å². The Bertz CT molecular complexity index is 537. The fourth-order valence-electron chi connectivity index (χ4n) is 3.71. The van der Waals surface area contributed by atoms with E-state index in [4.69, 9.17) is 4.74 Å².